The fourth-order valence-electron chi connectivity index (χ4n) is 1.85. The van der Waals surface area contributed by atoms with Crippen LogP contribution >= 0.6 is 0 Å². The number of rotatable bonds is 4. The molecule has 8 nitrogen and oxygen atoms in total. The molecule has 3 N–H and O–H groups in total. The number of nitrogens with one attached hydrogen (secondary N) is 2. The number of nitrogens with zero attached hydrogens (tertiary/aromatic N) is 1. The zero-order chi connectivity index (χ0) is 13.8. The number of carboxylic acids is 1. The van der Waals surface area contributed by atoms with Gasteiger partial charge in [-0.3, -0.25) is 9.63 Å². The van der Waals surface area contributed by atoms with Gasteiger partial charge in [-0.05, 0) is 13.3 Å². The minimum absolute atomic E-state index is 0.121. The predicted molar refractivity (Wildman–Crippen MR) is 60.5 cm³/mol. The van der Waals surface area contributed by atoms with Crippen LogP contribution in [-0.4, -0.2) is 54.7 Å². The number of carbonyl (C=O) groups excluding carboxylic acids is 2. The predicted octanol–water partition coefficient (Wildman–Crippen LogP) is -0.830. The van der Waals surface area contributed by atoms with Crippen LogP contribution < -0.4 is 10.8 Å². The van der Waals surface area contributed by atoms with Gasteiger partial charge in [0.1, 0.15) is 0 Å². The van der Waals surface area contributed by atoms with Gasteiger partial charge in [-0.25, -0.2) is 15.1 Å². The van der Waals surface area contributed by atoms with Crippen molar-refractivity contribution in [3.63, 3.8) is 0 Å². The molecule has 1 rings (SSSR count). The SMILES string of the molecule is CNC(=O)C1(C)CCN(C(=O)NOCC(=O)O)C1. The molecule has 1 heterocycles. The van der Waals surface area contributed by atoms with Crippen LogP contribution in [-0.2, 0) is 14.4 Å². The Morgan fingerprint density at radius 1 is 1.44 bits per heavy atom. The molecule has 1 atom stereocenters. The smallest absolute Gasteiger partial charge is 0.341 e. The van der Waals surface area contributed by atoms with Crippen LogP contribution in [0.2, 0.25) is 0 Å². The highest BCUT2D eigenvalue weighted by molar-refractivity contribution is 5.84. The van der Waals surface area contributed by atoms with Crippen LogP contribution in [0.1, 0.15) is 13.3 Å². The molecule has 1 unspecified atom stereocenters. The summed E-state index contributed by atoms with van der Waals surface area (Å²) >= 11 is 0. The normalized spacial score (nSPS) is 22.7. The molecule has 0 radical (unpaired) electrons. The van der Waals surface area contributed by atoms with Gasteiger partial charge in [0.05, 0.1) is 5.41 Å². The maximum Gasteiger partial charge on any atom is 0.341 e. The number of urea groups is 1. The van der Waals surface area contributed by atoms with Crippen LogP contribution in [0.3, 0.4) is 0 Å². The minimum Gasteiger partial charge on any atom is -0.479 e. The van der Waals surface area contributed by atoms with Gasteiger partial charge in [-0.1, -0.05) is 0 Å². The quantitative estimate of drug-likeness (QED) is 0.571. The molecule has 1 aliphatic heterocycles. The van der Waals surface area contributed by atoms with Crippen molar-refractivity contribution in [2.45, 2.75) is 13.3 Å². The van der Waals surface area contributed by atoms with E-state index in [0.717, 1.165) is 0 Å². The molecule has 0 aliphatic carbocycles. The van der Waals surface area contributed by atoms with E-state index in [1.807, 2.05) is 5.48 Å². The van der Waals surface area contributed by atoms with Gasteiger partial charge < -0.3 is 15.3 Å². The maximum atomic E-state index is 11.6. The lowest BCUT2D eigenvalue weighted by Gasteiger charge is -2.22. The lowest BCUT2D eigenvalue weighted by atomic mass is 9.89. The highest BCUT2D eigenvalue weighted by atomic mass is 16.7. The topological polar surface area (TPSA) is 108 Å². The molecule has 18 heavy (non-hydrogen) atoms. The van der Waals surface area contributed by atoms with Crippen LogP contribution in [0.15, 0.2) is 0 Å². The monoisotopic (exact) mass is 259 g/mol. The van der Waals surface area contributed by atoms with Crippen LogP contribution in [0, 0.1) is 5.41 Å². The first-order valence-electron chi connectivity index (χ1n) is 5.50. The van der Waals surface area contributed by atoms with E-state index < -0.39 is 24.0 Å². The highest BCUT2D eigenvalue weighted by Gasteiger charge is 2.41. The van der Waals surface area contributed by atoms with Gasteiger partial charge in [-0.15, -0.1) is 0 Å². The Bertz CT molecular complexity index is 359. The maximum absolute atomic E-state index is 11.6. The van der Waals surface area contributed by atoms with Crippen molar-refractivity contribution < 1.29 is 24.3 Å². The number of hydrogen-bond acceptors (Lipinski definition) is 4. The van der Waals surface area contributed by atoms with Crippen LogP contribution in [0.5, 0.6) is 0 Å². The van der Waals surface area contributed by atoms with Crippen molar-refractivity contribution >= 4 is 17.9 Å². The molecule has 8 heteroatoms. The van der Waals surface area contributed by atoms with E-state index in [2.05, 4.69) is 10.2 Å². The van der Waals surface area contributed by atoms with Gasteiger partial charge in [0.2, 0.25) is 5.91 Å². The number of likely N-dealkylation sites (tertiary alicyclic amines) is 1. The largest absolute Gasteiger partial charge is 0.479 e. The molecular formula is C10H17N3O5. The van der Waals surface area contributed by atoms with E-state index in [9.17, 15) is 14.4 Å². The Balaban J connectivity index is 2.44. The molecule has 1 aliphatic rings. The first kappa shape index (κ1) is 14.2. The van der Waals surface area contributed by atoms with Gasteiger partial charge in [0, 0.05) is 20.1 Å². The summed E-state index contributed by atoms with van der Waals surface area (Å²) in [4.78, 5) is 39.3. The second kappa shape index (κ2) is 5.67. The number of aliphatic carboxylic acids is 1. The van der Waals surface area contributed by atoms with Crippen molar-refractivity contribution in [3.05, 3.63) is 0 Å². The standard InChI is InChI=1S/C10H17N3O5/c1-10(8(16)11-2)3-4-13(6-10)9(17)12-18-5-7(14)15/h3-6H2,1-2H3,(H,11,16)(H,12,17)(H,14,15). The highest BCUT2D eigenvalue weighted by Crippen LogP contribution is 2.29. The van der Waals surface area contributed by atoms with Crippen LogP contribution in [0.4, 0.5) is 4.79 Å². The van der Waals surface area contributed by atoms with Gasteiger partial charge in [-0.2, -0.15) is 0 Å². The Labute approximate surface area is 104 Å². The molecule has 0 aromatic rings. The number of carboxylic acid groups (broad SMARTS) is 1. The molecule has 0 aromatic carbocycles. The molecule has 0 spiro atoms. The average molecular weight is 259 g/mol. The molecule has 0 bridgehead atoms. The molecule has 1 saturated heterocycles. The van der Waals surface area contributed by atoms with Crippen molar-refractivity contribution in [2.24, 2.45) is 5.41 Å². The van der Waals surface area contributed by atoms with Crippen molar-refractivity contribution in [1.29, 1.82) is 0 Å². The lowest BCUT2D eigenvalue weighted by molar-refractivity contribution is -0.144. The third-order valence-electron chi connectivity index (χ3n) is 2.89. The summed E-state index contributed by atoms with van der Waals surface area (Å²) in [5.74, 6) is -1.30. The second-order valence-electron chi connectivity index (χ2n) is 4.40. The van der Waals surface area contributed by atoms with Gasteiger partial charge in [0.15, 0.2) is 6.61 Å². The molecule has 102 valence electrons. The molecule has 1 fully saturated rings. The Hall–Kier alpha value is -1.83. The van der Waals surface area contributed by atoms with E-state index in [4.69, 9.17) is 5.11 Å². The summed E-state index contributed by atoms with van der Waals surface area (Å²) in [7, 11) is 1.55. The first-order chi connectivity index (χ1) is 8.39. The zero-order valence-corrected chi connectivity index (χ0v) is 10.4. The van der Waals surface area contributed by atoms with E-state index in [1.165, 1.54) is 4.90 Å². The molecule has 3 amide bonds. The number of amides is 3. The van der Waals surface area contributed by atoms with E-state index in [1.54, 1.807) is 14.0 Å². The Kier molecular flexibility index (Phi) is 4.49. The Morgan fingerprint density at radius 2 is 2.11 bits per heavy atom. The molecule has 0 saturated carbocycles. The molecule has 0 aromatic heterocycles. The van der Waals surface area contributed by atoms with E-state index in [0.29, 0.717) is 13.0 Å². The minimum atomic E-state index is -1.17. The molecular weight excluding hydrogens is 242 g/mol. The summed E-state index contributed by atoms with van der Waals surface area (Å²) < 4.78 is 0. The third kappa shape index (κ3) is 3.33. The van der Waals surface area contributed by atoms with Crippen molar-refractivity contribution in [1.82, 2.24) is 15.7 Å². The number of hydrogen-bond donors (Lipinski definition) is 3. The van der Waals surface area contributed by atoms with Crippen LogP contribution in [0.25, 0.3) is 0 Å². The fraction of sp³-hybridized carbons (Fsp3) is 0.700. The lowest BCUT2D eigenvalue weighted by Crippen LogP contribution is -2.43. The Morgan fingerprint density at radius 3 is 2.67 bits per heavy atom. The summed E-state index contributed by atoms with van der Waals surface area (Å²) in [5.41, 5.74) is 1.41. The van der Waals surface area contributed by atoms with E-state index in [-0.39, 0.29) is 12.5 Å². The van der Waals surface area contributed by atoms with Crippen molar-refractivity contribution in [3.8, 4) is 0 Å². The fourth-order valence-corrected chi connectivity index (χ4v) is 1.85. The second-order valence-corrected chi connectivity index (χ2v) is 4.40. The summed E-state index contributed by atoms with van der Waals surface area (Å²) in [6, 6.07) is -0.538. The van der Waals surface area contributed by atoms with E-state index >= 15 is 0 Å². The average Bonchev–Trinajstić information content (AvgIpc) is 2.71. The van der Waals surface area contributed by atoms with Gasteiger partial charge >= 0.3 is 12.0 Å². The first-order valence-corrected chi connectivity index (χ1v) is 5.50. The number of hydroxylamine groups is 1. The summed E-state index contributed by atoms with van der Waals surface area (Å²) in [6.07, 6.45) is 0.555. The van der Waals surface area contributed by atoms with Crippen molar-refractivity contribution in [2.75, 3.05) is 26.7 Å². The summed E-state index contributed by atoms with van der Waals surface area (Å²) in [6.45, 7) is 1.87. The number of carbonyl (C=O) groups is 3. The van der Waals surface area contributed by atoms with Gasteiger partial charge in [0.25, 0.3) is 0 Å². The zero-order valence-electron chi connectivity index (χ0n) is 10.4. The summed E-state index contributed by atoms with van der Waals surface area (Å²) in [5, 5.41) is 10.9. The third-order valence-corrected chi connectivity index (χ3v) is 2.89.